The van der Waals surface area contributed by atoms with E-state index in [4.69, 9.17) is 0 Å². The van der Waals surface area contributed by atoms with Gasteiger partial charge in [0.1, 0.15) is 0 Å². The first-order valence-corrected chi connectivity index (χ1v) is 6.24. The zero-order valence-electron chi connectivity index (χ0n) is 10.6. The first-order valence-electron chi connectivity index (χ1n) is 5.42. The Hall–Kier alpha value is -0.870. The molecule has 0 aliphatic heterocycles. The number of nitrogens with one attached hydrogen (secondary N) is 1. The van der Waals surface area contributed by atoms with Gasteiger partial charge in [-0.25, -0.2) is 0 Å². The summed E-state index contributed by atoms with van der Waals surface area (Å²) in [4.78, 5) is 15.7. The fourth-order valence-electron chi connectivity index (χ4n) is 1.59. The quantitative estimate of drug-likeness (QED) is 0.874. The van der Waals surface area contributed by atoms with Crippen LogP contribution in [0.3, 0.4) is 0 Å². The molecule has 0 radical (unpaired) electrons. The van der Waals surface area contributed by atoms with E-state index >= 15 is 0 Å². The van der Waals surface area contributed by atoms with Gasteiger partial charge in [0.25, 0.3) is 0 Å². The van der Waals surface area contributed by atoms with Gasteiger partial charge in [-0.15, -0.1) is 11.3 Å². The highest BCUT2D eigenvalue weighted by molar-refractivity contribution is 7.12. The highest BCUT2D eigenvalue weighted by Gasteiger charge is 2.12. The van der Waals surface area contributed by atoms with Crippen molar-refractivity contribution in [2.45, 2.75) is 26.8 Å². The molecule has 1 amide bonds. The smallest absolute Gasteiger partial charge is 0.236 e. The largest absolute Gasteiger partial charge is 0.348 e. The van der Waals surface area contributed by atoms with Crippen LogP contribution in [-0.2, 0) is 4.79 Å². The summed E-state index contributed by atoms with van der Waals surface area (Å²) in [7, 11) is 3.54. The second-order valence-corrected chi connectivity index (χ2v) is 5.72. The van der Waals surface area contributed by atoms with Gasteiger partial charge in [0.15, 0.2) is 0 Å². The van der Waals surface area contributed by atoms with Crippen molar-refractivity contribution in [3.05, 3.63) is 21.4 Å². The third-order valence-electron chi connectivity index (χ3n) is 2.60. The minimum atomic E-state index is 0.108. The van der Waals surface area contributed by atoms with E-state index in [1.165, 1.54) is 15.3 Å². The second kappa shape index (κ2) is 5.46. The van der Waals surface area contributed by atoms with Crippen LogP contribution in [0.5, 0.6) is 0 Å². The summed E-state index contributed by atoms with van der Waals surface area (Å²) in [6, 6.07) is 2.42. The summed E-state index contributed by atoms with van der Waals surface area (Å²) >= 11 is 1.80. The van der Waals surface area contributed by atoms with Gasteiger partial charge in [-0.3, -0.25) is 4.79 Å². The molecule has 1 aromatic rings. The first kappa shape index (κ1) is 13.2. The molecular formula is C12H20N2OS. The van der Waals surface area contributed by atoms with E-state index in [2.05, 4.69) is 32.2 Å². The third-order valence-corrected chi connectivity index (χ3v) is 3.59. The molecule has 0 aromatic carbocycles. The zero-order valence-corrected chi connectivity index (χ0v) is 11.4. The standard InChI is InChI=1S/C12H20N2OS/c1-8-6-11(10(3)16-8)9(2)13-7-12(15)14(4)5/h6,9,13H,7H2,1-5H3. The predicted molar refractivity (Wildman–Crippen MR) is 68.9 cm³/mol. The summed E-state index contributed by atoms with van der Waals surface area (Å²) in [5, 5.41) is 3.25. The van der Waals surface area contributed by atoms with E-state index in [9.17, 15) is 4.79 Å². The van der Waals surface area contributed by atoms with Crippen molar-refractivity contribution >= 4 is 17.2 Å². The summed E-state index contributed by atoms with van der Waals surface area (Å²) in [5.74, 6) is 0.108. The van der Waals surface area contributed by atoms with Crippen molar-refractivity contribution in [3.8, 4) is 0 Å². The Balaban J connectivity index is 2.56. The fourth-order valence-corrected chi connectivity index (χ4v) is 2.61. The third kappa shape index (κ3) is 3.32. The van der Waals surface area contributed by atoms with E-state index in [-0.39, 0.29) is 11.9 Å². The van der Waals surface area contributed by atoms with E-state index < -0.39 is 0 Å². The number of thiophene rings is 1. The van der Waals surface area contributed by atoms with E-state index in [1.54, 1.807) is 30.3 Å². The van der Waals surface area contributed by atoms with Crippen LogP contribution in [0.4, 0.5) is 0 Å². The van der Waals surface area contributed by atoms with Crippen molar-refractivity contribution in [2.75, 3.05) is 20.6 Å². The van der Waals surface area contributed by atoms with Gasteiger partial charge in [-0.05, 0) is 32.4 Å². The van der Waals surface area contributed by atoms with E-state index in [0.717, 1.165) is 0 Å². The maximum Gasteiger partial charge on any atom is 0.236 e. The Morgan fingerprint density at radius 2 is 2.12 bits per heavy atom. The molecule has 0 spiro atoms. The van der Waals surface area contributed by atoms with Gasteiger partial charge in [-0.2, -0.15) is 0 Å². The minimum absolute atomic E-state index is 0.108. The van der Waals surface area contributed by atoms with Crippen LogP contribution in [0.25, 0.3) is 0 Å². The van der Waals surface area contributed by atoms with Gasteiger partial charge < -0.3 is 10.2 Å². The Morgan fingerprint density at radius 3 is 2.56 bits per heavy atom. The summed E-state index contributed by atoms with van der Waals surface area (Å²) in [6.07, 6.45) is 0. The molecule has 3 nitrogen and oxygen atoms in total. The molecule has 90 valence electrons. The number of likely N-dealkylation sites (N-methyl/N-ethyl adjacent to an activating group) is 1. The van der Waals surface area contributed by atoms with Crippen molar-refractivity contribution in [3.63, 3.8) is 0 Å². The van der Waals surface area contributed by atoms with Gasteiger partial charge >= 0.3 is 0 Å². The summed E-state index contributed by atoms with van der Waals surface area (Å²) in [5.41, 5.74) is 1.30. The molecule has 1 aromatic heterocycles. The molecule has 1 rings (SSSR count). The SMILES string of the molecule is Cc1cc(C(C)NCC(=O)N(C)C)c(C)s1. The lowest BCUT2D eigenvalue weighted by atomic mass is 10.1. The molecule has 4 heteroatoms. The monoisotopic (exact) mass is 240 g/mol. The van der Waals surface area contributed by atoms with E-state index in [1.807, 2.05) is 0 Å². The van der Waals surface area contributed by atoms with Crippen LogP contribution < -0.4 is 5.32 Å². The predicted octanol–water partition coefficient (Wildman–Crippen LogP) is 2.10. The Kier molecular flexibility index (Phi) is 4.50. The second-order valence-electron chi connectivity index (χ2n) is 4.26. The molecule has 0 aliphatic rings. The molecule has 1 N–H and O–H groups in total. The number of hydrogen-bond acceptors (Lipinski definition) is 3. The van der Waals surface area contributed by atoms with Crippen LogP contribution in [0, 0.1) is 13.8 Å². The van der Waals surface area contributed by atoms with Gasteiger partial charge in [0.2, 0.25) is 5.91 Å². The number of amides is 1. The molecule has 0 aliphatic carbocycles. The average Bonchev–Trinajstić information content (AvgIpc) is 2.53. The fraction of sp³-hybridized carbons (Fsp3) is 0.583. The van der Waals surface area contributed by atoms with Crippen LogP contribution in [0.2, 0.25) is 0 Å². The van der Waals surface area contributed by atoms with Crippen molar-refractivity contribution < 1.29 is 4.79 Å². The molecular weight excluding hydrogens is 220 g/mol. The normalized spacial score (nSPS) is 12.6. The lowest BCUT2D eigenvalue weighted by molar-refractivity contribution is -0.127. The van der Waals surface area contributed by atoms with Gasteiger partial charge in [0.05, 0.1) is 6.54 Å². The lowest BCUT2D eigenvalue weighted by Crippen LogP contribution is -2.34. The van der Waals surface area contributed by atoms with Crippen LogP contribution in [-0.4, -0.2) is 31.4 Å². The number of hydrogen-bond donors (Lipinski definition) is 1. The lowest BCUT2D eigenvalue weighted by Gasteiger charge is -2.16. The highest BCUT2D eigenvalue weighted by atomic mass is 32.1. The Morgan fingerprint density at radius 1 is 1.50 bits per heavy atom. The summed E-state index contributed by atoms with van der Waals surface area (Å²) in [6.45, 7) is 6.72. The van der Waals surface area contributed by atoms with Crippen LogP contribution in [0.15, 0.2) is 6.07 Å². The molecule has 1 atom stereocenters. The average molecular weight is 240 g/mol. The van der Waals surface area contributed by atoms with Crippen LogP contribution in [0.1, 0.15) is 28.3 Å². The van der Waals surface area contributed by atoms with Gasteiger partial charge in [0, 0.05) is 29.9 Å². The van der Waals surface area contributed by atoms with Crippen molar-refractivity contribution in [1.82, 2.24) is 10.2 Å². The highest BCUT2D eigenvalue weighted by Crippen LogP contribution is 2.25. The molecule has 0 saturated heterocycles. The molecule has 1 unspecified atom stereocenters. The molecule has 0 saturated carbocycles. The molecule has 1 heterocycles. The van der Waals surface area contributed by atoms with Crippen molar-refractivity contribution in [1.29, 1.82) is 0 Å². The number of rotatable bonds is 4. The topological polar surface area (TPSA) is 32.3 Å². The van der Waals surface area contributed by atoms with Crippen molar-refractivity contribution in [2.24, 2.45) is 0 Å². The number of nitrogens with zero attached hydrogens (tertiary/aromatic N) is 1. The number of carbonyl (C=O) groups excluding carboxylic acids is 1. The maximum absolute atomic E-state index is 11.4. The summed E-state index contributed by atoms with van der Waals surface area (Å²) < 4.78 is 0. The zero-order chi connectivity index (χ0) is 12.3. The minimum Gasteiger partial charge on any atom is -0.348 e. The Labute approximate surface area is 101 Å². The Bertz CT molecular complexity index is 371. The number of aryl methyl sites for hydroxylation is 2. The molecule has 0 bridgehead atoms. The molecule has 0 fully saturated rings. The van der Waals surface area contributed by atoms with Crippen LogP contribution >= 0.6 is 11.3 Å². The first-order chi connectivity index (χ1) is 7.41. The molecule has 16 heavy (non-hydrogen) atoms. The van der Waals surface area contributed by atoms with E-state index in [0.29, 0.717) is 6.54 Å². The van der Waals surface area contributed by atoms with Gasteiger partial charge in [-0.1, -0.05) is 0 Å². The number of carbonyl (C=O) groups is 1. The maximum atomic E-state index is 11.4.